The molecule has 0 fully saturated rings. The molecule has 1 heterocycles. The van der Waals surface area contributed by atoms with Gasteiger partial charge >= 0.3 is 0 Å². The first-order valence-corrected chi connectivity index (χ1v) is 4.16. The highest BCUT2D eigenvalue weighted by molar-refractivity contribution is 5.80. The first kappa shape index (κ1) is 7.98. The summed E-state index contributed by atoms with van der Waals surface area (Å²) in [5, 5.41) is 1.04. The smallest absolute Gasteiger partial charge is 0.220 e. The average molecular weight is 173 g/mol. The maximum atomic E-state index is 5.49. The van der Waals surface area contributed by atoms with Crippen molar-refractivity contribution in [1.82, 2.24) is 9.97 Å². The molecule has 1 aromatic heterocycles. The second-order valence-electron chi connectivity index (χ2n) is 3.22. The highest BCUT2D eigenvalue weighted by Crippen LogP contribution is 2.16. The monoisotopic (exact) mass is 173 g/mol. The largest absolute Gasteiger partial charge is 0.368 e. The molecule has 0 atom stereocenters. The molecule has 2 rings (SSSR count). The Labute approximate surface area is 76.6 Å². The Kier molecular flexibility index (Phi) is 1.65. The fourth-order valence-electron chi connectivity index (χ4n) is 1.31. The Hall–Kier alpha value is -1.64. The number of rotatable bonds is 0. The van der Waals surface area contributed by atoms with E-state index in [1.54, 1.807) is 6.20 Å². The van der Waals surface area contributed by atoms with E-state index in [0.29, 0.717) is 5.95 Å². The van der Waals surface area contributed by atoms with Crippen molar-refractivity contribution in [3.05, 3.63) is 29.5 Å². The van der Waals surface area contributed by atoms with Gasteiger partial charge in [0.25, 0.3) is 0 Å². The lowest BCUT2D eigenvalue weighted by Gasteiger charge is -2.02. The number of aryl methyl sites for hydroxylation is 2. The number of nitrogens with zero attached hydrogens (tertiary/aromatic N) is 2. The van der Waals surface area contributed by atoms with Crippen molar-refractivity contribution >= 4 is 16.9 Å². The molecule has 0 unspecified atom stereocenters. The van der Waals surface area contributed by atoms with Crippen LogP contribution < -0.4 is 5.73 Å². The predicted molar refractivity (Wildman–Crippen MR) is 53.4 cm³/mol. The second kappa shape index (κ2) is 2.69. The van der Waals surface area contributed by atoms with Crippen LogP contribution in [0.15, 0.2) is 18.3 Å². The minimum atomic E-state index is 0.329. The minimum Gasteiger partial charge on any atom is -0.368 e. The van der Waals surface area contributed by atoms with Gasteiger partial charge in [-0.15, -0.1) is 0 Å². The van der Waals surface area contributed by atoms with Crippen LogP contribution in [-0.4, -0.2) is 9.97 Å². The number of hydrogen-bond donors (Lipinski definition) is 1. The van der Waals surface area contributed by atoms with Crippen LogP contribution in [0, 0.1) is 13.8 Å². The van der Waals surface area contributed by atoms with E-state index in [-0.39, 0.29) is 0 Å². The molecule has 13 heavy (non-hydrogen) atoms. The molecule has 0 aliphatic heterocycles. The van der Waals surface area contributed by atoms with Crippen molar-refractivity contribution in [3.8, 4) is 0 Å². The number of fused-ring (bicyclic) bond motifs is 1. The molecule has 0 aliphatic carbocycles. The Morgan fingerprint density at radius 1 is 1.15 bits per heavy atom. The van der Waals surface area contributed by atoms with E-state index < -0.39 is 0 Å². The maximum Gasteiger partial charge on any atom is 0.220 e. The lowest BCUT2D eigenvalue weighted by Crippen LogP contribution is -1.94. The molecule has 66 valence electrons. The highest BCUT2D eigenvalue weighted by atomic mass is 15.0. The minimum absolute atomic E-state index is 0.329. The van der Waals surface area contributed by atoms with Gasteiger partial charge in [-0.2, -0.15) is 0 Å². The number of nitrogen functional groups attached to an aromatic ring is 1. The van der Waals surface area contributed by atoms with Gasteiger partial charge in [-0.3, -0.25) is 0 Å². The molecule has 3 nitrogen and oxygen atoms in total. The van der Waals surface area contributed by atoms with E-state index in [2.05, 4.69) is 29.9 Å². The van der Waals surface area contributed by atoms with Gasteiger partial charge in [0.1, 0.15) is 0 Å². The molecular weight excluding hydrogens is 162 g/mol. The molecule has 2 N–H and O–H groups in total. The van der Waals surface area contributed by atoms with Gasteiger partial charge < -0.3 is 5.73 Å². The fourth-order valence-corrected chi connectivity index (χ4v) is 1.31. The Morgan fingerprint density at radius 3 is 2.62 bits per heavy atom. The summed E-state index contributed by atoms with van der Waals surface area (Å²) in [6.45, 7) is 4.14. The molecular formula is C10H11N3. The molecule has 0 saturated carbocycles. The van der Waals surface area contributed by atoms with Crippen molar-refractivity contribution < 1.29 is 0 Å². The summed E-state index contributed by atoms with van der Waals surface area (Å²) in [6, 6.07) is 4.10. The normalized spacial score (nSPS) is 10.6. The van der Waals surface area contributed by atoms with Gasteiger partial charge in [-0.05, 0) is 37.1 Å². The SMILES string of the molecule is Cc1cc2cnc(N)nc2cc1C. The number of aromatic nitrogens is 2. The fraction of sp³-hybridized carbons (Fsp3) is 0.200. The molecule has 3 heteroatoms. The summed E-state index contributed by atoms with van der Waals surface area (Å²) < 4.78 is 0. The Bertz CT molecular complexity index is 463. The van der Waals surface area contributed by atoms with Gasteiger partial charge in [0, 0.05) is 11.6 Å². The van der Waals surface area contributed by atoms with Gasteiger partial charge in [-0.1, -0.05) is 0 Å². The van der Waals surface area contributed by atoms with Gasteiger partial charge in [0.15, 0.2) is 0 Å². The number of nitrogens with two attached hydrogens (primary N) is 1. The number of anilines is 1. The van der Waals surface area contributed by atoms with Crippen molar-refractivity contribution in [2.24, 2.45) is 0 Å². The maximum absolute atomic E-state index is 5.49. The van der Waals surface area contributed by atoms with E-state index in [1.165, 1.54) is 11.1 Å². The summed E-state index contributed by atoms with van der Waals surface area (Å²) in [7, 11) is 0. The van der Waals surface area contributed by atoms with Gasteiger partial charge in [-0.25, -0.2) is 9.97 Å². The van der Waals surface area contributed by atoms with Crippen LogP contribution in [0.2, 0.25) is 0 Å². The molecule has 0 amide bonds. The Morgan fingerprint density at radius 2 is 1.85 bits per heavy atom. The van der Waals surface area contributed by atoms with E-state index >= 15 is 0 Å². The van der Waals surface area contributed by atoms with E-state index in [0.717, 1.165) is 10.9 Å². The number of benzene rings is 1. The zero-order valence-electron chi connectivity index (χ0n) is 7.70. The highest BCUT2D eigenvalue weighted by Gasteiger charge is 1.99. The average Bonchev–Trinajstić information content (AvgIpc) is 2.08. The first-order valence-electron chi connectivity index (χ1n) is 4.16. The summed E-state index contributed by atoms with van der Waals surface area (Å²) in [4.78, 5) is 8.09. The molecule has 0 spiro atoms. The van der Waals surface area contributed by atoms with Gasteiger partial charge in [0.05, 0.1) is 5.52 Å². The van der Waals surface area contributed by atoms with Gasteiger partial charge in [0.2, 0.25) is 5.95 Å². The third-order valence-electron chi connectivity index (χ3n) is 2.21. The third-order valence-corrected chi connectivity index (χ3v) is 2.21. The summed E-state index contributed by atoms with van der Waals surface area (Å²) in [6.07, 6.45) is 1.75. The molecule has 0 saturated heterocycles. The topological polar surface area (TPSA) is 51.8 Å². The van der Waals surface area contributed by atoms with Crippen LogP contribution >= 0.6 is 0 Å². The van der Waals surface area contributed by atoms with Crippen LogP contribution in [0.25, 0.3) is 10.9 Å². The summed E-state index contributed by atoms with van der Waals surface area (Å²) in [5.74, 6) is 0.329. The van der Waals surface area contributed by atoms with Crippen LogP contribution in [0.4, 0.5) is 5.95 Å². The van der Waals surface area contributed by atoms with E-state index in [1.807, 2.05) is 6.07 Å². The lowest BCUT2D eigenvalue weighted by atomic mass is 10.1. The van der Waals surface area contributed by atoms with Crippen LogP contribution in [-0.2, 0) is 0 Å². The van der Waals surface area contributed by atoms with Crippen LogP contribution in [0.3, 0.4) is 0 Å². The molecule has 0 aliphatic rings. The molecule has 0 radical (unpaired) electrons. The molecule has 2 aromatic rings. The standard InChI is InChI=1S/C10H11N3/c1-6-3-8-5-12-10(11)13-9(8)4-7(6)2/h3-5H,1-2H3,(H2,11,12,13). The van der Waals surface area contributed by atoms with Crippen molar-refractivity contribution in [1.29, 1.82) is 0 Å². The summed E-state index contributed by atoms with van der Waals surface area (Å²) in [5.41, 5.74) is 8.88. The summed E-state index contributed by atoms with van der Waals surface area (Å²) >= 11 is 0. The van der Waals surface area contributed by atoms with Crippen LogP contribution in [0.1, 0.15) is 11.1 Å². The molecule has 0 bridgehead atoms. The second-order valence-corrected chi connectivity index (χ2v) is 3.22. The number of hydrogen-bond acceptors (Lipinski definition) is 3. The van der Waals surface area contributed by atoms with Crippen molar-refractivity contribution in [2.45, 2.75) is 13.8 Å². The van der Waals surface area contributed by atoms with Crippen molar-refractivity contribution in [2.75, 3.05) is 5.73 Å². The molecule has 1 aromatic carbocycles. The van der Waals surface area contributed by atoms with E-state index in [4.69, 9.17) is 5.73 Å². The Balaban J connectivity index is 2.81. The van der Waals surface area contributed by atoms with Crippen LogP contribution in [0.5, 0.6) is 0 Å². The van der Waals surface area contributed by atoms with Crippen molar-refractivity contribution in [3.63, 3.8) is 0 Å². The zero-order chi connectivity index (χ0) is 9.42. The van der Waals surface area contributed by atoms with E-state index in [9.17, 15) is 0 Å². The third kappa shape index (κ3) is 1.33. The predicted octanol–water partition coefficient (Wildman–Crippen LogP) is 1.83. The lowest BCUT2D eigenvalue weighted by molar-refractivity contribution is 1.23. The quantitative estimate of drug-likeness (QED) is 0.661. The first-order chi connectivity index (χ1) is 6.16. The zero-order valence-corrected chi connectivity index (χ0v) is 7.70.